The second kappa shape index (κ2) is 17.9. The van der Waals surface area contributed by atoms with Crippen molar-refractivity contribution in [1.29, 1.82) is 0 Å². The average Bonchev–Trinajstić information content (AvgIpc) is 2.59. The fourth-order valence-corrected chi connectivity index (χ4v) is 3.11. The van der Waals surface area contributed by atoms with Gasteiger partial charge in [0.05, 0.1) is 6.61 Å². The summed E-state index contributed by atoms with van der Waals surface area (Å²) in [5.74, 6) is -0.922. The summed E-state index contributed by atoms with van der Waals surface area (Å²) in [6.45, 7) is 6.28. The van der Waals surface area contributed by atoms with Gasteiger partial charge in [0, 0.05) is 0 Å². The Kier molecular flexibility index (Phi) is 17.3. The second-order valence-electron chi connectivity index (χ2n) is 7.36. The molecule has 0 saturated heterocycles. The zero-order chi connectivity index (χ0) is 18.8. The summed E-state index contributed by atoms with van der Waals surface area (Å²) in [5, 5.41) is 0. The van der Waals surface area contributed by atoms with E-state index in [1.54, 1.807) is 0 Å². The van der Waals surface area contributed by atoms with Gasteiger partial charge in [-0.15, -0.1) is 0 Å². The first kappa shape index (κ1) is 24.1. The fourth-order valence-electron chi connectivity index (χ4n) is 3.11. The van der Waals surface area contributed by atoms with Crippen molar-refractivity contribution in [3.05, 3.63) is 0 Å². The van der Waals surface area contributed by atoms with Gasteiger partial charge in [-0.2, -0.15) is 0 Å². The Balaban J connectivity index is 3.44. The number of hydrogen-bond acceptors (Lipinski definition) is 3. The van der Waals surface area contributed by atoms with Crippen LogP contribution < -0.4 is 0 Å². The van der Waals surface area contributed by atoms with Crippen LogP contribution in [0.15, 0.2) is 0 Å². The van der Waals surface area contributed by atoms with E-state index in [9.17, 15) is 9.59 Å². The van der Waals surface area contributed by atoms with Gasteiger partial charge >= 0.3 is 5.97 Å². The quantitative estimate of drug-likeness (QED) is 0.158. The van der Waals surface area contributed by atoms with Crippen LogP contribution in [0.5, 0.6) is 0 Å². The number of Topliss-reactive ketones (excluding diaryl/α,β-unsaturated/α-hetero) is 1. The number of hydrogen-bond donors (Lipinski definition) is 0. The van der Waals surface area contributed by atoms with Crippen LogP contribution in [-0.2, 0) is 14.3 Å². The van der Waals surface area contributed by atoms with Crippen molar-refractivity contribution in [2.75, 3.05) is 6.61 Å². The zero-order valence-electron chi connectivity index (χ0n) is 17.1. The molecule has 0 heterocycles. The largest absolute Gasteiger partial charge is 0.465 e. The molecule has 25 heavy (non-hydrogen) atoms. The van der Waals surface area contributed by atoms with Crippen LogP contribution in [0.2, 0.25) is 0 Å². The van der Waals surface area contributed by atoms with Crippen molar-refractivity contribution in [2.24, 2.45) is 5.92 Å². The molecule has 0 saturated carbocycles. The van der Waals surface area contributed by atoms with E-state index in [4.69, 9.17) is 4.74 Å². The van der Waals surface area contributed by atoms with Gasteiger partial charge in [-0.05, 0) is 19.8 Å². The molecule has 0 spiro atoms. The Morgan fingerprint density at radius 3 is 1.56 bits per heavy atom. The van der Waals surface area contributed by atoms with Crippen LogP contribution in [-0.4, -0.2) is 18.4 Å². The highest BCUT2D eigenvalue weighted by Gasteiger charge is 2.23. The lowest BCUT2D eigenvalue weighted by molar-refractivity contribution is -0.152. The third-order valence-electron chi connectivity index (χ3n) is 4.86. The molecule has 0 aliphatic rings. The van der Waals surface area contributed by atoms with E-state index >= 15 is 0 Å². The van der Waals surface area contributed by atoms with Crippen molar-refractivity contribution in [2.45, 2.75) is 117 Å². The maximum Gasteiger partial charge on any atom is 0.316 e. The number of carbonyl (C=O) groups is 2. The Morgan fingerprint density at radius 2 is 1.12 bits per heavy atom. The highest BCUT2D eigenvalue weighted by atomic mass is 16.5. The summed E-state index contributed by atoms with van der Waals surface area (Å²) in [5.41, 5.74) is 0. The molecule has 3 heteroatoms. The van der Waals surface area contributed by atoms with E-state index in [0.29, 0.717) is 13.0 Å². The number of ketones is 1. The first-order valence-corrected chi connectivity index (χ1v) is 10.8. The van der Waals surface area contributed by atoms with Gasteiger partial charge in [-0.3, -0.25) is 9.59 Å². The third-order valence-corrected chi connectivity index (χ3v) is 4.86. The molecular formula is C22H42O3. The molecule has 0 radical (unpaired) electrons. The van der Waals surface area contributed by atoms with Crippen molar-refractivity contribution in [3.63, 3.8) is 0 Å². The van der Waals surface area contributed by atoms with Crippen molar-refractivity contribution < 1.29 is 14.3 Å². The molecule has 0 aromatic heterocycles. The van der Waals surface area contributed by atoms with Crippen LogP contribution in [0.1, 0.15) is 117 Å². The molecule has 0 bridgehead atoms. The predicted molar refractivity (Wildman–Crippen MR) is 106 cm³/mol. The van der Waals surface area contributed by atoms with Gasteiger partial charge in [0.15, 0.2) is 0 Å². The van der Waals surface area contributed by atoms with Gasteiger partial charge in [-0.25, -0.2) is 0 Å². The second-order valence-corrected chi connectivity index (χ2v) is 7.36. The van der Waals surface area contributed by atoms with E-state index in [0.717, 1.165) is 25.7 Å². The Bertz CT molecular complexity index is 325. The summed E-state index contributed by atoms with van der Waals surface area (Å²) in [4.78, 5) is 23.5. The summed E-state index contributed by atoms with van der Waals surface area (Å²) in [6.07, 6.45) is 18.0. The summed E-state index contributed by atoms with van der Waals surface area (Å²) in [7, 11) is 0. The molecule has 148 valence electrons. The first-order chi connectivity index (χ1) is 12.1. The standard InChI is InChI=1S/C22H42O3/c1-4-6-8-9-10-11-12-13-14-15-16-17-19-25-22(24)21(20(3)23)18-7-5-2/h21H,4-19H2,1-3H3. The van der Waals surface area contributed by atoms with Gasteiger partial charge in [0.1, 0.15) is 11.7 Å². The van der Waals surface area contributed by atoms with Crippen LogP contribution >= 0.6 is 0 Å². The van der Waals surface area contributed by atoms with Crippen LogP contribution in [0.25, 0.3) is 0 Å². The minimum Gasteiger partial charge on any atom is -0.465 e. The highest BCUT2D eigenvalue weighted by Crippen LogP contribution is 2.14. The van der Waals surface area contributed by atoms with Gasteiger partial charge < -0.3 is 4.74 Å². The monoisotopic (exact) mass is 354 g/mol. The van der Waals surface area contributed by atoms with Crippen LogP contribution in [0.4, 0.5) is 0 Å². The van der Waals surface area contributed by atoms with Crippen LogP contribution in [0, 0.1) is 5.92 Å². The maximum absolute atomic E-state index is 11.9. The molecular weight excluding hydrogens is 312 g/mol. The average molecular weight is 355 g/mol. The van der Waals surface area contributed by atoms with Crippen molar-refractivity contribution >= 4 is 11.8 Å². The lowest BCUT2D eigenvalue weighted by Gasteiger charge is -2.12. The SMILES string of the molecule is CCCCCCCCCCCCCCOC(=O)C(CCCC)C(C)=O. The number of ether oxygens (including phenoxy) is 1. The maximum atomic E-state index is 11.9. The molecule has 3 nitrogen and oxygen atoms in total. The Morgan fingerprint density at radius 1 is 0.680 bits per heavy atom. The summed E-state index contributed by atoms with van der Waals surface area (Å²) >= 11 is 0. The zero-order valence-corrected chi connectivity index (χ0v) is 17.1. The Labute approximate surface area is 156 Å². The van der Waals surface area contributed by atoms with Crippen LogP contribution in [0.3, 0.4) is 0 Å². The van der Waals surface area contributed by atoms with Crippen molar-refractivity contribution in [1.82, 2.24) is 0 Å². The van der Waals surface area contributed by atoms with Gasteiger partial charge in [-0.1, -0.05) is 97.3 Å². The molecule has 0 fully saturated rings. The number of esters is 1. The molecule has 0 amide bonds. The molecule has 0 aliphatic heterocycles. The molecule has 0 rings (SSSR count). The fraction of sp³-hybridized carbons (Fsp3) is 0.909. The van der Waals surface area contributed by atoms with Crippen molar-refractivity contribution in [3.8, 4) is 0 Å². The normalized spacial score (nSPS) is 12.1. The topological polar surface area (TPSA) is 43.4 Å². The summed E-state index contributed by atoms with van der Waals surface area (Å²) < 4.78 is 5.29. The predicted octanol–water partition coefficient (Wildman–Crippen LogP) is 6.63. The van der Waals surface area contributed by atoms with Gasteiger partial charge in [0.25, 0.3) is 0 Å². The molecule has 1 atom stereocenters. The highest BCUT2D eigenvalue weighted by molar-refractivity contribution is 5.97. The van der Waals surface area contributed by atoms with E-state index in [1.165, 1.54) is 71.1 Å². The molecule has 0 N–H and O–H groups in total. The lowest BCUT2D eigenvalue weighted by Crippen LogP contribution is -2.24. The number of carbonyl (C=O) groups excluding carboxylic acids is 2. The van der Waals surface area contributed by atoms with E-state index in [2.05, 4.69) is 13.8 Å². The lowest BCUT2D eigenvalue weighted by atomic mass is 9.98. The summed E-state index contributed by atoms with van der Waals surface area (Å²) in [6, 6.07) is 0. The number of rotatable bonds is 18. The van der Waals surface area contributed by atoms with E-state index in [1.807, 2.05) is 0 Å². The molecule has 0 aromatic carbocycles. The molecule has 1 unspecified atom stereocenters. The minimum absolute atomic E-state index is 0.0619. The first-order valence-electron chi connectivity index (χ1n) is 10.8. The van der Waals surface area contributed by atoms with E-state index in [-0.39, 0.29) is 11.8 Å². The van der Waals surface area contributed by atoms with Gasteiger partial charge in [0.2, 0.25) is 0 Å². The molecule has 0 aliphatic carbocycles. The Hall–Kier alpha value is -0.860. The third kappa shape index (κ3) is 15.1. The minimum atomic E-state index is -0.544. The number of unbranched alkanes of at least 4 members (excludes halogenated alkanes) is 12. The van der Waals surface area contributed by atoms with E-state index < -0.39 is 5.92 Å². The smallest absolute Gasteiger partial charge is 0.316 e. The molecule has 0 aromatic rings.